The molecule has 0 saturated carbocycles. The molecule has 1 rings (SSSR count). The van der Waals surface area contributed by atoms with Crippen molar-refractivity contribution in [1.82, 2.24) is 9.55 Å². The summed E-state index contributed by atoms with van der Waals surface area (Å²) in [4.78, 5) is 7.73. The molecule has 3 nitrogen and oxygen atoms in total. The fourth-order valence-corrected chi connectivity index (χ4v) is 0.906. The highest BCUT2D eigenvalue weighted by atomic mass is 15.1. The minimum atomic E-state index is 0.961. The van der Waals surface area contributed by atoms with Crippen LogP contribution in [0.4, 0.5) is 0 Å². The molecule has 3 heteroatoms. The fraction of sp³-hybridized carbons (Fsp3) is 0.250. The SMILES string of the molecule is C=N/C=C\n1c(C)cnc1C. The van der Waals surface area contributed by atoms with Gasteiger partial charge >= 0.3 is 0 Å². The highest BCUT2D eigenvalue weighted by molar-refractivity contribution is 5.33. The molecule has 0 amide bonds. The van der Waals surface area contributed by atoms with Crippen LogP contribution in [0, 0.1) is 13.8 Å². The van der Waals surface area contributed by atoms with Crippen molar-refractivity contribution in [3.63, 3.8) is 0 Å². The van der Waals surface area contributed by atoms with Gasteiger partial charge in [-0.3, -0.25) is 4.99 Å². The van der Waals surface area contributed by atoms with Crippen LogP contribution in [0.15, 0.2) is 17.4 Å². The third-order valence-corrected chi connectivity index (χ3v) is 1.49. The molecule has 0 aliphatic heterocycles. The normalized spacial score (nSPS) is 10.7. The first-order valence-corrected chi connectivity index (χ1v) is 3.38. The Kier molecular flexibility index (Phi) is 2.21. The lowest BCUT2D eigenvalue weighted by Crippen LogP contribution is -1.91. The highest BCUT2D eigenvalue weighted by Gasteiger charge is 1.96. The van der Waals surface area contributed by atoms with Gasteiger partial charge < -0.3 is 4.57 Å². The maximum absolute atomic E-state index is 4.12. The average Bonchev–Trinajstić information content (AvgIpc) is 2.29. The number of aryl methyl sites for hydroxylation is 2. The Morgan fingerprint density at radius 2 is 2.36 bits per heavy atom. The summed E-state index contributed by atoms with van der Waals surface area (Å²) < 4.78 is 1.95. The van der Waals surface area contributed by atoms with E-state index in [2.05, 4.69) is 16.7 Å². The van der Waals surface area contributed by atoms with Crippen LogP contribution in [0.3, 0.4) is 0 Å². The van der Waals surface area contributed by atoms with E-state index in [0.717, 1.165) is 11.5 Å². The summed E-state index contributed by atoms with van der Waals surface area (Å²) in [6.07, 6.45) is 5.30. The van der Waals surface area contributed by atoms with Gasteiger partial charge in [0.1, 0.15) is 5.82 Å². The summed E-state index contributed by atoms with van der Waals surface area (Å²) in [6, 6.07) is 0. The summed E-state index contributed by atoms with van der Waals surface area (Å²) in [5, 5.41) is 0. The van der Waals surface area contributed by atoms with E-state index < -0.39 is 0 Å². The topological polar surface area (TPSA) is 30.2 Å². The van der Waals surface area contributed by atoms with Crippen molar-refractivity contribution >= 4 is 12.9 Å². The zero-order valence-corrected chi connectivity index (χ0v) is 6.78. The van der Waals surface area contributed by atoms with E-state index in [1.165, 1.54) is 0 Å². The molecular weight excluding hydrogens is 138 g/mol. The second kappa shape index (κ2) is 3.14. The molecule has 0 atom stereocenters. The van der Waals surface area contributed by atoms with Gasteiger partial charge in [-0.1, -0.05) is 0 Å². The van der Waals surface area contributed by atoms with E-state index in [4.69, 9.17) is 0 Å². The first-order valence-electron chi connectivity index (χ1n) is 3.38. The second-order valence-electron chi connectivity index (χ2n) is 2.30. The molecule has 1 aromatic rings. The number of imidazole rings is 1. The molecule has 0 bridgehead atoms. The van der Waals surface area contributed by atoms with Crippen molar-refractivity contribution in [2.75, 3.05) is 0 Å². The molecule has 0 saturated heterocycles. The Labute approximate surface area is 66.1 Å². The average molecular weight is 149 g/mol. The Morgan fingerprint density at radius 3 is 2.82 bits per heavy atom. The van der Waals surface area contributed by atoms with Crippen molar-refractivity contribution < 1.29 is 0 Å². The first-order chi connectivity index (χ1) is 5.25. The first kappa shape index (κ1) is 7.72. The number of hydrogen-bond acceptors (Lipinski definition) is 2. The maximum Gasteiger partial charge on any atom is 0.109 e. The molecule has 0 aliphatic carbocycles. The lowest BCUT2D eigenvalue weighted by Gasteiger charge is -1.97. The Hall–Kier alpha value is -1.38. The lowest BCUT2D eigenvalue weighted by atomic mass is 10.5. The van der Waals surface area contributed by atoms with E-state index in [-0.39, 0.29) is 0 Å². The van der Waals surface area contributed by atoms with Gasteiger partial charge in [0.25, 0.3) is 0 Å². The van der Waals surface area contributed by atoms with Crippen LogP contribution in [-0.2, 0) is 0 Å². The molecule has 58 valence electrons. The van der Waals surface area contributed by atoms with E-state index in [1.54, 1.807) is 6.20 Å². The minimum Gasteiger partial charge on any atom is -0.307 e. The highest BCUT2D eigenvalue weighted by Crippen LogP contribution is 2.02. The summed E-state index contributed by atoms with van der Waals surface area (Å²) in [5.41, 5.74) is 1.10. The smallest absolute Gasteiger partial charge is 0.109 e. The third kappa shape index (κ3) is 1.55. The zero-order chi connectivity index (χ0) is 8.27. The van der Waals surface area contributed by atoms with Crippen LogP contribution in [0.2, 0.25) is 0 Å². The molecule has 1 aromatic heterocycles. The van der Waals surface area contributed by atoms with Crippen LogP contribution < -0.4 is 0 Å². The summed E-state index contributed by atoms with van der Waals surface area (Å²) in [6.45, 7) is 7.29. The zero-order valence-electron chi connectivity index (χ0n) is 6.78. The second-order valence-corrected chi connectivity index (χ2v) is 2.30. The van der Waals surface area contributed by atoms with Gasteiger partial charge in [-0.25, -0.2) is 4.98 Å². The van der Waals surface area contributed by atoms with E-state index >= 15 is 0 Å². The Bertz CT molecular complexity index is 264. The monoisotopic (exact) mass is 149 g/mol. The van der Waals surface area contributed by atoms with Crippen molar-refractivity contribution in [3.8, 4) is 0 Å². The standard InChI is InChI=1S/C8H11N3/c1-7-6-10-8(2)11(7)5-4-9-3/h4-6H,3H2,1-2H3/b5-4-. The number of nitrogens with zero attached hydrogens (tertiary/aromatic N) is 3. The predicted molar refractivity (Wildman–Crippen MR) is 46.6 cm³/mol. The maximum atomic E-state index is 4.12. The molecule has 0 spiro atoms. The molecule has 11 heavy (non-hydrogen) atoms. The van der Waals surface area contributed by atoms with Gasteiger partial charge in [-0.2, -0.15) is 0 Å². The lowest BCUT2D eigenvalue weighted by molar-refractivity contribution is 0.993. The molecule has 1 heterocycles. The number of hydrogen-bond donors (Lipinski definition) is 0. The van der Waals surface area contributed by atoms with E-state index in [1.807, 2.05) is 30.8 Å². The van der Waals surface area contributed by atoms with Gasteiger partial charge in [0, 0.05) is 24.3 Å². The fourth-order valence-electron chi connectivity index (χ4n) is 0.906. The minimum absolute atomic E-state index is 0.961. The molecule has 0 radical (unpaired) electrons. The van der Waals surface area contributed by atoms with Crippen LogP contribution in [0.25, 0.3) is 6.20 Å². The van der Waals surface area contributed by atoms with Crippen LogP contribution in [0.1, 0.15) is 11.5 Å². The van der Waals surface area contributed by atoms with Gasteiger partial charge in [0.05, 0.1) is 0 Å². The summed E-state index contributed by atoms with van der Waals surface area (Å²) >= 11 is 0. The van der Waals surface area contributed by atoms with Crippen molar-refractivity contribution in [1.29, 1.82) is 0 Å². The predicted octanol–water partition coefficient (Wildman–Crippen LogP) is 1.63. The van der Waals surface area contributed by atoms with Gasteiger partial charge in [-0.05, 0) is 20.6 Å². The molecule has 0 aromatic carbocycles. The quantitative estimate of drug-likeness (QED) is 0.588. The summed E-state index contributed by atoms with van der Waals surface area (Å²) in [5.74, 6) is 0.961. The van der Waals surface area contributed by atoms with Gasteiger partial charge in [0.2, 0.25) is 0 Å². The molecular formula is C8H11N3. The summed E-state index contributed by atoms with van der Waals surface area (Å²) in [7, 11) is 0. The van der Waals surface area contributed by atoms with Crippen molar-refractivity contribution in [2.45, 2.75) is 13.8 Å². The molecule has 0 unspecified atom stereocenters. The number of rotatable bonds is 2. The molecule has 0 aliphatic rings. The van der Waals surface area contributed by atoms with Crippen molar-refractivity contribution in [3.05, 3.63) is 23.9 Å². The van der Waals surface area contributed by atoms with E-state index in [9.17, 15) is 0 Å². The largest absolute Gasteiger partial charge is 0.307 e. The van der Waals surface area contributed by atoms with Gasteiger partial charge in [-0.15, -0.1) is 0 Å². The van der Waals surface area contributed by atoms with Gasteiger partial charge in [0.15, 0.2) is 0 Å². The van der Waals surface area contributed by atoms with Crippen LogP contribution in [-0.4, -0.2) is 16.3 Å². The van der Waals surface area contributed by atoms with Crippen LogP contribution in [0.5, 0.6) is 0 Å². The Balaban J connectivity index is 3.00. The van der Waals surface area contributed by atoms with E-state index in [0.29, 0.717) is 0 Å². The number of aliphatic imine (C=N–C) groups is 1. The molecule has 0 fully saturated rings. The molecule has 0 N–H and O–H groups in total. The third-order valence-electron chi connectivity index (χ3n) is 1.49. The van der Waals surface area contributed by atoms with Crippen LogP contribution >= 0.6 is 0 Å². The number of aromatic nitrogens is 2. The van der Waals surface area contributed by atoms with Crippen molar-refractivity contribution in [2.24, 2.45) is 4.99 Å². The Morgan fingerprint density at radius 1 is 1.64 bits per heavy atom.